The first-order valence-electron chi connectivity index (χ1n) is 4.69. The predicted octanol–water partition coefficient (Wildman–Crippen LogP) is -0.236. The van der Waals surface area contributed by atoms with Crippen molar-refractivity contribution in [3.05, 3.63) is 30.4 Å². The average Bonchev–Trinajstić information content (AvgIpc) is 2.78. The second kappa shape index (κ2) is 4.18. The molecule has 0 bridgehead atoms. The van der Waals surface area contributed by atoms with Crippen molar-refractivity contribution < 1.29 is 18.3 Å². The van der Waals surface area contributed by atoms with Gasteiger partial charge in [0.25, 0.3) is 5.95 Å². The Labute approximate surface area is 102 Å². The van der Waals surface area contributed by atoms with Crippen LogP contribution in [0.2, 0.25) is 0 Å². The fourth-order valence-corrected chi connectivity index (χ4v) is 1.71. The van der Waals surface area contributed by atoms with Crippen molar-refractivity contribution in [2.24, 2.45) is 0 Å². The molecule has 2 rings (SSSR count). The van der Waals surface area contributed by atoms with Gasteiger partial charge in [0.1, 0.15) is 4.90 Å². The number of rotatable bonds is 3. The maximum absolute atomic E-state index is 11.3. The van der Waals surface area contributed by atoms with Gasteiger partial charge in [-0.15, -0.1) is 0 Å². The lowest BCUT2D eigenvalue weighted by atomic mass is 10.4. The molecule has 2 heterocycles. The quantitative estimate of drug-likeness (QED) is 0.816. The van der Waals surface area contributed by atoms with Crippen molar-refractivity contribution >= 4 is 15.8 Å². The van der Waals surface area contributed by atoms with Crippen molar-refractivity contribution in [3.63, 3.8) is 0 Å². The van der Waals surface area contributed by atoms with Crippen molar-refractivity contribution in [1.82, 2.24) is 19.7 Å². The number of hydrogen-bond donors (Lipinski definition) is 1. The SMILES string of the molecule is CS(=O)(=O)c1cnn(-c2nccc(C(=O)O)n2)c1. The van der Waals surface area contributed by atoms with E-state index in [4.69, 9.17) is 5.11 Å². The highest BCUT2D eigenvalue weighted by Gasteiger charge is 2.13. The molecule has 9 heteroatoms. The van der Waals surface area contributed by atoms with E-state index in [0.29, 0.717) is 0 Å². The normalized spacial score (nSPS) is 11.4. The van der Waals surface area contributed by atoms with Gasteiger partial charge in [0.15, 0.2) is 15.5 Å². The average molecular weight is 268 g/mol. The summed E-state index contributed by atoms with van der Waals surface area (Å²) in [5, 5.41) is 12.5. The molecule has 0 saturated heterocycles. The third-order valence-electron chi connectivity index (χ3n) is 2.05. The van der Waals surface area contributed by atoms with E-state index >= 15 is 0 Å². The zero-order chi connectivity index (χ0) is 13.3. The molecule has 0 fully saturated rings. The summed E-state index contributed by atoms with van der Waals surface area (Å²) in [6.45, 7) is 0. The molecular formula is C9H8N4O4S. The van der Waals surface area contributed by atoms with Crippen LogP contribution in [0.25, 0.3) is 5.95 Å². The smallest absolute Gasteiger partial charge is 0.354 e. The van der Waals surface area contributed by atoms with Gasteiger partial charge in [-0.25, -0.2) is 27.9 Å². The molecule has 0 amide bonds. The fourth-order valence-electron chi connectivity index (χ4n) is 1.19. The molecule has 0 saturated carbocycles. The first-order chi connectivity index (χ1) is 8.38. The van der Waals surface area contributed by atoms with Crippen LogP contribution in [0, 0.1) is 0 Å². The van der Waals surface area contributed by atoms with Crippen molar-refractivity contribution in [3.8, 4) is 5.95 Å². The summed E-state index contributed by atoms with van der Waals surface area (Å²) >= 11 is 0. The lowest BCUT2D eigenvalue weighted by molar-refractivity contribution is 0.0690. The second-order valence-electron chi connectivity index (χ2n) is 3.44. The monoisotopic (exact) mass is 268 g/mol. The molecule has 0 radical (unpaired) electrons. The Morgan fingerprint density at radius 2 is 2.17 bits per heavy atom. The summed E-state index contributed by atoms with van der Waals surface area (Å²) in [6, 6.07) is 1.23. The van der Waals surface area contributed by atoms with Gasteiger partial charge in [-0.05, 0) is 6.07 Å². The van der Waals surface area contributed by atoms with Gasteiger partial charge in [-0.3, -0.25) is 0 Å². The van der Waals surface area contributed by atoms with Crippen LogP contribution in [-0.2, 0) is 9.84 Å². The summed E-state index contributed by atoms with van der Waals surface area (Å²) in [5.74, 6) is -1.21. The van der Waals surface area contributed by atoms with Crippen LogP contribution >= 0.6 is 0 Å². The van der Waals surface area contributed by atoms with Crippen LogP contribution < -0.4 is 0 Å². The molecule has 0 aliphatic heterocycles. The number of aromatic nitrogens is 4. The van der Waals surface area contributed by atoms with E-state index < -0.39 is 15.8 Å². The Morgan fingerprint density at radius 1 is 1.44 bits per heavy atom. The number of carboxylic acids is 1. The lowest BCUT2D eigenvalue weighted by Crippen LogP contribution is -2.07. The third-order valence-corrected chi connectivity index (χ3v) is 3.12. The largest absolute Gasteiger partial charge is 0.477 e. The van der Waals surface area contributed by atoms with Gasteiger partial charge >= 0.3 is 5.97 Å². The molecule has 2 aromatic rings. The summed E-state index contributed by atoms with van der Waals surface area (Å²) < 4.78 is 23.6. The van der Waals surface area contributed by atoms with Gasteiger partial charge in [-0.2, -0.15) is 5.10 Å². The summed E-state index contributed by atoms with van der Waals surface area (Å²) in [5.41, 5.74) is -0.198. The zero-order valence-corrected chi connectivity index (χ0v) is 9.99. The standard InChI is InChI=1S/C9H8N4O4S/c1-18(16,17)6-4-11-13(5-6)9-10-3-2-7(12-9)8(14)15/h2-5H,1H3,(H,14,15). The molecule has 0 atom stereocenters. The maximum atomic E-state index is 11.3. The minimum Gasteiger partial charge on any atom is -0.477 e. The van der Waals surface area contributed by atoms with Crippen LogP contribution in [0.5, 0.6) is 0 Å². The van der Waals surface area contributed by atoms with Gasteiger partial charge in [0, 0.05) is 12.5 Å². The lowest BCUT2D eigenvalue weighted by Gasteiger charge is -1.99. The highest BCUT2D eigenvalue weighted by molar-refractivity contribution is 7.90. The molecule has 0 aliphatic rings. The van der Waals surface area contributed by atoms with Crippen LogP contribution in [0.3, 0.4) is 0 Å². The van der Waals surface area contributed by atoms with E-state index in [-0.39, 0.29) is 16.5 Å². The Hall–Kier alpha value is -2.29. The number of nitrogens with zero attached hydrogens (tertiary/aromatic N) is 4. The first kappa shape index (κ1) is 12.2. The number of aromatic carboxylic acids is 1. The molecule has 1 N–H and O–H groups in total. The number of carboxylic acid groups (broad SMARTS) is 1. The van der Waals surface area contributed by atoms with Crippen molar-refractivity contribution in [1.29, 1.82) is 0 Å². The van der Waals surface area contributed by atoms with Crippen LogP contribution in [-0.4, -0.2) is 45.5 Å². The van der Waals surface area contributed by atoms with Gasteiger partial charge in [0.2, 0.25) is 0 Å². The van der Waals surface area contributed by atoms with Crippen LogP contribution in [0.1, 0.15) is 10.5 Å². The third kappa shape index (κ3) is 2.35. The summed E-state index contributed by atoms with van der Waals surface area (Å²) in [4.78, 5) is 18.3. The first-order valence-corrected chi connectivity index (χ1v) is 6.58. The van der Waals surface area contributed by atoms with Crippen LogP contribution in [0.4, 0.5) is 0 Å². The maximum Gasteiger partial charge on any atom is 0.354 e. The van der Waals surface area contributed by atoms with E-state index in [9.17, 15) is 13.2 Å². The van der Waals surface area contributed by atoms with Gasteiger partial charge in [0.05, 0.1) is 12.4 Å². The van der Waals surface area contributed by atoms with Crippen LogP contribution in [0.15, 0.2) is 29.6 Å². The minimum absolute atomic E-state index is 0.00632. The molecule has 0 spiro atoms. The van der Waals surface area contributed by atoms with E-state index in [0.717, 1.165) is 17.1 Å². The van der Waals surface area contributed by atoms with E-state index in [1.807, 2.05) is 0 Å². The Morgan fingerprint density at radius 3 is 2.72 bits per heavy atom. The van der Waals surface area contributed by atoms with E-state index in [1.54, 1.807) is 0 Å². The van der Waals surface area contributed by atoms with Gasteiger partial charge < -0.3 is 5.11 Å². The molecular weight excluding hydrogens is 260 g/mol. The molecule has 0 aromatic carbocycles. The number of sulfone groups is 1. The second-order valence-corrected chi connectivity index (χ2v) is 5.46. The van der Waals surface area contributed by atoms with Crippen molar-refractivity contribution in [2.45, 2.75) is 4.90 Å². The fraction of sp³-hybridized carbons (Fsp3) is 0.111. The number of hydrogen-bond acceptors (Lipinski definition) is 6. The molecule has 0 unspecified atom stereocenters. The topological polar surface area (TPSA) is 115 Å². The van der Waals surface area contributed by atoms with Crippen molar-refractivity contribution in [2.75, 3.05) is 6.26 Å². The zero-order valence-electron chi connectivity index (χ0n) is 9.18. The van der Waals surface area contributed by atoms with E-state index in [1.165, 1.54) is 18.5 Å². The van der Waals surface area contributed by atoms with Gasteiger partial charge in [-0.1, -0.05) is 0 Å². The Balaban J connectivity index is 2.46. The minimum atomic E-state index is -3.37. The Kier molecular flexibility index (Phi) is 2.83. The highest BCUT2D eigenvalue weighted by atomic mass is 32.2. The predicted molar refractivity (Wildman–Crippen MR) is 59.2 cm³/mol. The summed E-state index contributed by atoms with van der Waals surface area (Å²) in [7, 11) is -3.37. The molecule has 0 aliphatic carbocycles. The molecule has 18 heavy (non-hydrogen) atoms. The van der Waals surface area contributed by atoms with E-state index in [2.05, 4.69) is 15.1 Å². The Bertz CT molecular complexity index is 707. The highest BCUT2D eigenvalue weighted by Crippen LogP contribution is 2.09. The summed E-state index contributed by atoms with van der Waals surface area (Å²) in [6.07, 6.45) is 4.67. The molecule has 94 valence electrons. The molecule has 8 nitrogen and oxygen atoms in total. The molecule has 2 aromatic heterocycles. The number of carbonyl (C=O) groups is 1.